The van der Waals surface area contributed by atoms with Gasteiger partial charge in [0.05, 0.1) is 12.6 Å². The molecule has 5 nitrogen and oxygen atoms in total. The molecule has 0 saturated heterocycles. The smallest absolute Gasteiger partial charge is 0.240 e. The van der Waals surface area contributed by atoms with Gasteiger partial charge in [0, 0.05) is 23.8 Å². The Morgan fingerprint density at radius 1 is 1.64 bits per heavy atom. The molecule has 0 saturated carbocycles. The highest BCUT2D eigenvalue weighted by atomic mass is 16.5. The zero-order chi connectivity index (χ0) is 9.97. The molecule has 2 heterocycles. The van der Waals surface area contributed by atoms with Crippen molar-refractivity contribution in [3.05, 3.63) is 18.5 Å². The van der Waals surface area contributed by atoms with Gasteiger partial charge in [-0.1, -0.05) is 0 Å². The van der Waals surface area contributed by atoms with E-state index < -0.39 is 0 Å². The number of nitrogens with zero attached hydrogens (tertiary/aromatic N) is 2. The van der Waals surface area contributed by atoms with Crippen molar-refractivity contribution in [3.63, 3.8) is 0 Å². The third kappa shape index (κ3) is 1.26. The van der Waals surface area contributed by atoms with Gasteiger partial charge in [0.15, 0.2) is 0 Å². The summed E-state index contributed by atoms with van der Waals surface area (Å²) in [6, 6.07) is 1.74. The Morgan fingerprint density at radius 2 is 2.50 bits per heavy atom. The largest absolute Gasteiger partial charge is 0.481 e. The number of hydrogen-bond acceptors (Lipinski definition) is 4. The first-order valence-corrected chi connectivity index (χ1v) is 3.94. The highest BCUT2D eigenvalue weighted by Crippen LogP contribution is 2.26. The topological polar surface area (TPSA) is 67.3 Å². The fourth-order valence-corrected chi connectivity index (χ4v) is 1.24. The van der Waals surface area contributed by atoms with Crippen molar-refractivity contribution in [3.8, 4) is 5.88 Å². The van der Waals surface area contributed by atoms with E-state index in [1.165, 1.54) is 6.08 Å². The number of aliphatic imine (C=N–C) groups is 1. The fourth-order valence-electron chi connectivity index (χ4n) is 1.24. The highest BCUT2D eigenvalue weighted by Gasteiger charge is 2.04. The summed E-state index contributed by atoms with van der Waals surface area (Å²) < 4.78 is 4.95. The second kappa shape index (κ2) is 3.32. The van der Waals surface area contributed by atoms with E-state index in [2.05, 4.69) is 15.0 Å². The van der Waals surface area contributed by atoms with Crippen molar-refractivity contribution < 1.29 is 9.53 Å². The Bertz CT molecular complexity index is 512. The summed E-state index contributed by atoms with van der Waals surface area (Å²) >= 11 is 0. The normalized spacial score (nSPS) is 9.79. The van der Waals surface area contributed by atoms with Crippen molar-refractivity contribution >= 4 is 22.7 Å². The number of carbonyl (C=O) groups excluding carboxylic acids is 1. The van der Waals surface area contributed by atoms with Gasteiger partial charge >= 0.3 is 0 Å². The maximum Gasteiger partial charge on any atom is 0.240 e. The van der Waals surface area contributed by atoms with Crippen LogP contribution >= 0.6 is 0 Å². The SMILES string of the molecule is COc1cc2[nH]cc(N=C=O)c2cn1. The molecule has 1 N–H and O–H groups in total. The summed E-state index contributed by atoms with van der Waals surface area (Å²) in [6.07, 6.45) is 4.71. The number of aromatic amines is 1. The molecule has 0 aliphatic heterocycles. The van der Waals surface area contributed by atoms with Crippen LogP contribution in [-0.4, -0.2) is 23.2 Å². The fraction of sp³-hybridized carbons (Fsp3) is 0.111. The van der Waals surface area contributed by atoms with Crippen molar-refractivity contribution in [1.82, 2.24) is 9.97 Å². The molecular weight excluding hydrogens is 182 g/mol. The number of aromatic nitrogens is 2. The van der Waals surface area contributed by atoms with Crippen LogP contribution in [-0.2, 0) is 4.79 Å². The maximum absolute atomic E-state index is 10.1. The maximum atomic E-state index is 10.1. The molecule has 0 radical (unpaired) electrons. The van der Waals surface area contributed by atoms with Crippen molar-refractivity contribution in [1.29, 1.82) is 0 Å². The third-order valence-corrected chi connectivity index (χ3v) is 1.89. The minimum absolute atomic E-state index is 0.515. The summed E-state index contributed by atoms with van der Waals surface area (Å²) in [6.45, 7) is 0. The molecule has 2 aromatic rings. The van der Waals surface area contributed by atoms with E-state index in [-0.39, 0.29) is 0 Å². The molecule has 0 aromatic carbocycles. The first kappa shape index (κ1) is 8.47. The van der Waals surface area contributed by atoms with Gasteiger partial charge in [-0.15, -0.1) is 0 Å². The first-order valence-electron chi connectivity index (χ1n) is 3.94. The molecule has 2 rings (SSSR count). The Hall–Kier alpha value is -2.13. The molecule has 0 fully saturated rings. The minimum atomic E-state index is 0.515. The molecule has 0 atom stereocenters. The zero-order valence-electron chi connectivity index (χ0n) is 7.44. The summed E-state index contributed by atoms with van der Waals surface area (Å²) in [5, 5.41) is 0.772. The first-order chi connectivity index (χ1) is 6.85. The molecule has 70 valence electrons. The minimum Gasteiger partial charge on any atom is -0.481 e. The standard InChI is InChI=1S/C9H7N3O2/c1-14-9-2-7-6(3-11-9)8(4-10-7)12-5-13/h2-4,10H,1H3. The van der Waals surface area contributed by atoms with Crippen LogP contribution in [0.4, 0.5) is 5.69 Å². The van der Waals surface area contributed by atoms with Gasteiger partial charge in [0.2, 0.25) is 12.0 Å². The molecule has 2 aromatic heterocycles. The average molecular weight is 189 g/mol. The van der Waals surface area contributed by atoms with Gasteiger partial charge in [-0.05, 0) is 0 Å². The van der Waals surface area contributed by atoms with E-state index >= 15 is 0 Å². The lowest BCUT2D eigenvalue weighted by molar-refractivity contribution is 0.398. The molecule has 0 aliphatic rings. The predicted octanol–water partition coefficient (Wildman–Crippen LogP) is 1.54. The number of nitrogens with one attached hydrogen (secondary N) is 1. The lowest BCUT2D eigenvalue weighted by Gasteiger charge is -1.96. The number of isocyanates is 1. The molecule has 0 amide bonds. The Labute approximate surface area is 79.4 Å². The third-order valence-electron chi connectivity index (χ3n) is 1.89. The number of ether oxygens (including phenoxy) is 1. The van der Waals surface area contributed by atoms with Gasteiger partial charge in [0.1, 0.15) is 5.69 Å². The number of rotatable bonds is 2. The van der Waals surface area contributed by atoms with E-state index in [9.17, 15) is 4.79 Å². The number of hydrogen-bond donors (Lipinski definition) is 1. The van der Waals surface area contributed by atoms with Crippen molar-refractivity contribution in [2.45, 2.75) is 0 Å². The summed E-state index contributed by atoms with van der Waals surface area (Å²) in [7, 11) is 1.54. The van der Waals surface area contributed by atoms with E-state index in [1.807, 2.05) is 0 Å². The van der Waals surface area contributed by atoms with E-state index in [0.29, 0.717) is 11.6 Å². The van der Waals surface area contributed by atoms with Crippen LogP contribution in [0.1, 0.15) is 0 Å². The molecule has 0 aliphatic carbocycles. The van der Waals surface area contributed by atoms with Crippen molar-refractivity contribution in [2.24, 2.45) is 4.99 Å². The predicted molar refractivity (Wildman–Crippen MR) is 50.4 cm³/mol. The summed E-state index contributed by atoms with van der Waals surface area (Å²) in [5.41, 5.74) is 1.36. The molecule has 0 bridgehead atoms. The van der Waals surface area contributed by atoms with Crippen LogP contribution in [0.2, 0.25) is 0 Å². The second-order valence-corrected chi connectivity index (χ2v) is 2.65. The lowest BCUT2D eigenvalue weighted by Crippen LogP contribution is -1.85. The quantitative estimate of drug-likeness (QED) is 0.575. The van der Waals surface area contributed by atoms with Gasteiger partial charge in [-0.2, -0.15) is 4.99 Å². The van der Waals surface area contributed by atoms with Crippen LogP contribution in [0, 0.1) is 0 Å². The number of H-pyrrole nitrogens is 1. The zero-order valence-corrected chi connectivity index (χ0v) is 7.44. The lowest BCUT2D eigenvalue weighted by atomic mass is 10.3. The number of pyridine rings is 1. The summed E-state index contributed by atoms with van der Waals surface area (Å²) in [5.74, 6) is 0.515. The Balaban J connectivity index is 2.65. The van der Waals surface area contributed by atoms with Crippen LogP contribution in [0.15, 0.2) is 23.5 Å². The molecule has 5 heteroatoms. The average Bonchev–Trinajstić information content (AvgIpc) is 2.61. The Morgan fingerprint density at radius 3 is 3.21 bits per heavy atom. The van der Waals surface area contributed by atoms with Crippen molar-refractivity contribution in [2.75, 3.05) is 7.11 Å². The van der Waals surface area contributed by atoms with Gasteiger partial charge in [0.25, 0.3) is 0 Å². The molecule has 0 spiro atoms. The van der Waals surface area contributed by atoms with E-state index in [4.69, 9.17) is 4.74 Å². The van der Waals surface area contributed by atoms with E-state index in [1.54, 1.807) is 25.6 Å². The molecule has 14 heavy (non-hydrogen) atoms. The number of fused-ring (bicyclic) bond motifs is 1. The van der Waals surface area contributed by atoms with Crippen LogP contribution in [0.3, 0.4) is 0 Å². The highest BCUT2D eigenvalue weighted by molar-refractivity contribution is 5.91. The van der Waals surface area contributed by atoms with Crippen LogP contribution in [0.5, 0.6) is 5.88 Å². The van der Waals surface area contributed by atoms with Crippen LogP contribution < -0.4 is 4.74 Å². The second-order valence-electron chi connectivity index (χ2n) is 2.65. The van der Waals surface area contributed by atoms with Gasteiger partial charge in [-0.3, -0.25) is 0 Å². The monoisotopic (exact) mass is 189 g/mol. The number of methoxy groups -OCH3 is 1. The summed E-state index contributed by atoms with van der Waals surface area (Å²) in [4.78, 5) is 20.6. The van der Waals surface area contributed by atoms with Gasteiger partial charge in [-0.25, -0.2) is 9.78 Å². The van der Waals surface area contributed by atoms with Gasteiger partial charge < -0.3 is 9.72 Å². The molecule has 0 unspecified atom stereocenters. The van der Waals surface area contributed by atoms with Crippen LogP contribution in [0.25, 0.3) is 10.9 Å². The molecular formula is C9H7N3O2. The van der Waals surface area contributed by atoms with E-state index in [0.717, 1.165) is 10.9 Å². The Kier molecular flexibility index (Phi) is 2.01.